The molecular weight excluding hydrogens is 347 g/mol. The number of benzene rings is 1. The van der Waals surface area contributed by atoms with Crippen LogP contribution in [0.3, 0.4) is 0 Å². The predicted molar refractivity (Wildman–Crippen MR) is 94.3 cm³/mol. The molecule has 8 heteroatoms. The summed E-state index contributed by atoms with van der Waals surface area (Å²) in [6, 6.07) is 3.72. The third kappa shape index (κ3) is 6.72. The van der Waals surface area contributed by atoms with Gasteiger partial charge in [0.2, 0.25) is 10.0 Å². The Morgan fingerprint density at radius 1 is 1.20 bits per heavy atom. The Balaban J connectivity index is 3.11. The highest BCUT2D eigenvalue weighted by molar-refractivity contribution is 7.89. The van der Waals surface area contributed by atoms with Crippen molar-refractivity contribution in [2.45, 2.75) is 38.2 Å². The van der Waals surface area contributed by atoms with E-state index in [4.69, 9.17) is 4.74 Å². The van der Waals surface area contributed by atoms with Gasteiger partial charge in [-0.1, -0.05) is 6.07 Å². The van der Waals surface area contributed by atoms with Gasteiger partial charge in [-0.25, -0.2) is 12.8 Å². The maximum atomic E-state index is 13.8. The highest BCUT2D eigenvalue weighted by Crippen LogP contribution is 2.19. The Morgan fingerprint density at radius 2 is 1.80 bits per heavy atom. The number of hydrogen-bond acceptors (Lipinski definition) is 5. The molecule has 0 saturated carbocycles. The van der Waals surface area contributed by atoms with Crippen molar-refractivity contribution in [1.82, 2.24) is 9.21 Å². The van der Waals surface area contributed by atoms with Crippen molar-refractivity contribution in [2.75, 3.05) is 33.7 Å². The Morgan fingerprint density at radius 3 is 2.28 bits per heavy atom. The third-order valence-corrected chi connectivity index (χ3v) is 5.14. The molecule has 0 aliphatic heterocycles. The van der Waals surface area contributed by atoms with Gasteiger partial charge in [0, 0.05) is 13.1 Å². The van der Waals surface area contributed by atoms with Gasteiger partial charge < -0.3 is 9.64 Å². The standard InChI is InChI=1S/C17H27FN2O4S/c1-13-7-8-14(11-15(13)18)25(22,23)20(10-9-19(5)6)12-16(21)24-17(2,3)4/h7-8,11H,9-10,12H2,1-6H3. The number of sulfonamides is 1. The number of likely N-dealkylation sites (N-methyl/N-ethyl adjacent to an activating group) is 1. The molecule has 0 atom stereocenters. The van der Waals surface area contributed by atoms with Crippen LogP contribution in [0.25, 0.3) is 0 Å². The summed E-state index contributed by atoms with van der Waals surface area (Å²) in [5, 5.41) is 0. The normalized spacial score (nSPS) is 12.7. The highest BCUT2D eigenvalue weighted by atomic mass is 32.2. The van der Waals surface area contributed by atoms with Gasteiger partial charge in [0.15, 0.2) is 0 Å². The molecule has 0 radical (unpaired) electrons. The van der Waals surface area contributed by atoms with E-state index in [1.165, 1.54) is 12.1 Å². The zero-order chi connectivity index (χ0) is 19.4. The molecule has 0 N–H and O–H groups in total. The summed E-state index contributed by atoms with van der Waals surface area (Å²) in [6.07, 6.45) is 0. The van der Waals surface area contributed by atoms with Crippen LogP contribution in [0.1, 0.15) is 26.3 Å². The van der Waals surface area contributed by atoms with Gasteiger partial charge in [-0.2, -0.15) is 4.31 Å². The Bertz CT molecular complexity index is 712. The van der Waals surface area contributed by atoms with E-state index in [9.17, 15) is 17.6 Å². The lowest BCUT2D eigenvalue weighted by Gasteiger charge is -2.25. The molecule has 0 aromatic heterocycles. The van der Waals surface area contributed by atoms with Gasteiger partial charge in [-0.15, -0.1) is 0 Å². The van der Waals surface area contributed by atoms with Crippen molar-refractivity contribution in [3.05, 3.63) is 29.6 Å². The maximum absolute atomic E-state index is 13.8. The summed E-state index contributed by atoms with van der Waals surface area (Å²) < 4.78 is 45.7. The first-order valence-electron chi connectivity index (χ1n) is 7.96. The molecule has 0 bridgehead atoms. The zero-order valence-electron chi connectivity index (χ0n) is 15.7. The molecule has 0 heterocycles. The van der Waals surface area contributed by atoms with Crippen LogP contribution in [0.5, 0.6) is 0 Å². The van der Waals surface area contributed by atoms with Gasteiger partial charge in [-0.3, -0.25) is 4.79 Å². The Labute approximate surface area is 149 Å². The first-order valence-corrected chi connectivity index (χ1v) is 9.40. The number of hydrogen-bond donors (Lipinski definition) is 0. The summed E-state index contributed by atoms with van der Waals surface area (Å²) in [7, 11) is -0.430. The molecule has 0 unspecified atom stereocenters. The second-order valence-corrected chi connectivity index (χ2v) is 9.08. The molecule has 142 valence electrons. The van der Waals surface area contributed by atoms with E-state index in [0.29, 0.717) is 12.1 Å². The van der Waals surface area contributed by atoms with E-state index in [-0.39, 0.29) is 11.4 Å². The van der Waals surface area contributed by atoms with E-state index in [1.807, 2.05) is 0 Å². The molecule has 0 saturated heterocycles. The lowest BCUT2D eigenvalue weighted by atomic mass is 10.2. The summed E-state index contributed by atoms with van der Waals surface area (Å²) >= 11 is 0. The summed E-state index contributed by atoms with van der Waals surface area (Å²) in [5.41, 5.74) is -0.366. The maximum Gasteiger partial charge on any atom is 0.321 e. The molecule has 0 aliphatic rings. The van der Waals surface area contributed by atoms with E-state index in [0.717, 1.165) is 10.4 Å². The molecular formula is C17H27FN2O4S. The number of ether oxygens (including phenoxy) is 1. The Kier molecular flexibility index (Phi) is 7.10. The molecule has 25 heavy (non-hydrogen) atoms. The van der Waals surface area contributed by atoms with E-state index < -0.39 is 34.0 Å². The van der Waals surface area contributed by atoms with Crippen molar-refractivity contribution in [3.63, 3.8) is 0 Å². The van der Waals surface area contributed by atoms with Gasteiger partial charge in [0.25, 0.3) is 0 Å². The lowest BCUT2D eigenvalue weighted by molar-refractivity contribution is -0.155. The first kappa shape index (κ1) is 21.5. The summed E-state index contributed by atoms with van der Waals surface area (Å²) in [4.78, 5) is 13.7. The van der Waals surface area contributed by atoms with Crippen LogP contribution in [0.2, 0.25) is 0 Å². The Hall–Kier alpha value is -1.51. The topological polar surface area (TPSA) is 66.9 Å². The fourth-order valence-electron chi connectivity index (χ4n) is 2.00. The fourth-order valence-corrected chi connectivity index (χ4v) is 3.38. The first-order chi connectivity index (χ1) is 11.3. The van der Waals surface area contributed by atoms with E-state index >= 15 is 0 Å². The second-order valence-electron chi connectivity index (χ2n) is 7.14. The fraction of sp³-hybridized carbons (Fsp3) is 0.588. The van der Waals surface area contributed by atoms with Crippen LogP contribution in [-0.4, -0.2) is 62.9 Å². The minimum Gasteiger partial charge on any atom is -0.459 e. The number of rotatable bonds is 7. The minimum atomic E-state index is -4.02. The quantitative estimate of drug-likeness (QED) is 0.683. The third-order valence-electron chi connectivity index (χ3n) is 3.30. The minimum absolute atomic E-state index is 0.0874. The molecule has 1 aromatic carbocycles. The predicted octanol–water partition coefficient (Wildman–Crippen LogP) is 2.03. The zero-order valence-corrected chi connectivity index (χ0v) is 16.5. The average Bonchev–Trinajstić information content (AvgIpc) is 2.43. The van der Waals surface area contributed by atoms with Crippen LogP contribution in [0, 0.1) is 12.7 Å². The van der Waals surface area contributed by atoms with E-state index in [1.54, 1.807) is 46.7 Å². The molecule has 0 aliphatic carbocycles. The number of nitrogens with zero attached hydrogens (tertiary/aromatic N) is 2. The highest BCUT2D eigenvalue weighted by Gasteiger charge is 2.29. The number of esters is 1. The average molecular weight is 374 g/mol. The largest absolute Gasteiger partial charge is 0.459 e. The van der Waals surface area contributed by atoms with E-state index in [2.05, 4.69) is 0 Å². The van der Waals surface area contributed by atoms with Gasteiger partial charge in [-0.05, 0) is 59.5 Å². The van der Waals surface area contributed by atoms with Gasteiger partial charge >= 0.3 is 5.97 Å². The number of carbonyl (C=O) groups is 1. The summed E-state index contributed by atoms with van der Waals surface area (Å²) in [5.74, 6) is -1.26. The molecule has 0 amide bonds. The van der Waals surface area contributed by atoms with Crippen molar-refractivity contribution in [1.29, 1.82) is 0 Å². The second kappa shape index (κ2) is 8.25. The van der Waals surface area contributed by atoms with Crippen molar-refractivity contribution in [3.8, 4) is 0 Å². The van der Waals surface area contributed by atoms with Crippen molar-refractivity contribution < 1.29 is 22.3 Å². The van der Waals surface area contributed by atoms with Crippen LogP contribution >= 0.6 is 0 Å². The number of halogens is 1. The van der Waals surface area contributed by atoms with Gasteiger partial charge in [0.05, 0.1) is 4.90 Å². The lowest BCUT2D eigenvalue weighted by Crippen LogP contribution is -2.42. The van der Waals surface area contributed by atoms with Crippen molar-refractivity contribution >= 4 is 16.0 Å². The molecule has 1 aromatic rings. The van der Waals surface area contributed by atoms with Crippen LogP contribution in [0.4, 0.5) is 4.39 Å². The molecule has 0 spiro atoms. The summed E-state index contributed by atoms with van der Waals surface area (Å²) in [6.45, 7) is 6.75. The van der Waals surface area contributed by atoms with Crippen molar-refractivity contribution in [2.24, 2.45) is 0 Å². The molecule has 1 rings (SSSR count). The SMILES string of the molecule is Cc1ccc(S(=O)(=O)N(CCN(C)C)CC(=O)OC(C)(C)C)cc1F. The van der Waals surface area contributed by atoms with Crippen LogP contribution < -0.4 is 0 Å². The number of aryl methyl sites for hydroxylation is 1. The molecule has 0 fully saturated rings. The number of carbonyl (C=O) groups excluding carboxylic acids is 1. The monoisotopic (exact) mass is 374 g/mol. The van der Waals surface area contributed by atoms with Crippen LogP contribution in [-0.2, 0) is 19.6 Å². The smallest absolute Gasteiger partial charge is 0.321 e. The molecule has 6 nitrogen and oxygen atoms in total. The van der Waals surface area contributed by atoms with Gasteiger partial charge in [0.1, 0.15) is 18.0 Å². The van der Waals surface area contributed by atoms with Crippen LogP contribution in [0.15, 0.2) is 23.1 Å².